The maximum atomic E-state index is 12.5. The molecule has 6 heteroatoms. The van der Waals surface area contributed by atoms with Gasteiger partial charge in [-0.15, -0.1) is 35.4 Å². The Balaban J connectivity index is 2.18. The fourth-order valence-corrected chi connectivity index (χ4v) is 11.2. The lowest BCUT2D eigenvalue weighted by molar-refractivity contribution is -0.149. The SMILES string of the molecule is CCCCCC1CCC2(CCC(O[Si](CC)(CC)CC)CC#CCCC(=O)O1)SCCCS2. The minimum Gasteiger partial charge on any atom is -0.462 e. The van der Waals surface area contributed by atoms with E-state index in [0.717, 1.165) is 38.5 Å². The second kappa shape index (κ2) is 15.8. The molecule has 0 bridgehead atoms. The van der Waals surface area contributed by atoms with Crippen LogP contribution in [0.15, 0.2) is 0 Å². The molecule has 190 valence electrons. The van der Waals surface area contributed by atoms with E-state index in [4.69, 9.17) is 9.16 Å². The molecule has 0 aromatic rings. The Morgan fingerprint density at radius 2 is 1.73 bits per heavy atom. The molecule has 0 aliphatic carbocycles. The molecule has 0 amide bonds. The standard InChI is InChI=1S/C27H48O3S2Si/c1-5-9-11-15-24-18-20-27(31-22-14-23-32-27)21-19-25(30-33(6-2,7-3)8-4)16-12-10-13-17-26(28)29-24/h24-25H,5-9,11,13-23H2,1-4H3. The van der Waals surface area contributed by atoms with Crippen LogP contribution in [0.2, 0.25) is 18.1 Å². The van der Waals surface area contributed by atoms with E-state index in [0.29, 0.717) is 12.8 Å². The number of thioether (sulfide) groups is 2. The van der Waals surface area contributed by atoms with Crippen LogP contribution in [0.1, 0.15) is 105 Å². The highest BCUT2D eigenvalue weighted by Gasteiger charge is 2.37. The molecule has 2 rings (SSSR count). The van der Waals surface area contributed by atoms with E-state index in [1.165, 1.54) is 55.3 Å². The monoisotopic (exact) mass is 512 g/mol. The van der Waals surface area contributed by atoms with Crippen LogP contribution in [0.4, 0.5) is 0 Å². The molecule has 1 spiro atoms. The number of ether oxygens (including phenoxy) is 1. The molecule has 0 aromatic heterocycles. The van der Waals surface area contributed by atoms with Crippen molar-refractivity contribution in [2.75, 3.05) is 11.5 Å². The van der Waals surface area contributed by atoms with Crippen molar-refractivity contribution < 1.29 is 14.0 Å². The van der Waals surface area contributed by atoms with E-state index in [9.17, 15) is 4.79 Å². The van der Waals surface area contributed by atoms with Crippen LogP contribution in [-0.2, 0) is 14.0 Å². The van der Waals surface area contributed by atoms with Crippen molar-refractivity contribution in [1.29, 1.82) is 0 Å². The van der Waals surface area contributed by atoms with Gasteiger partial charge in [0.05, 0.1) is 16.6 Å². The van der Waals surface area contributed by atoms with Gasteiger partial charge in [0, 0.05) is 12.8 Å². The van der Waals surface area contributed by atoms with Gasteiger partial charge in [-0.3, -0.25) is 4.79 Å². The highest BCUT2D eigenvalue weighted by molar-refractivity contribution is 8.18. The average molecular weight is 513 g/mol. The first-order valence-electron chi connectivity index (χ1n) is 13.6. The zero-order valence-electron chi connectivity index (χ0n) is 21.7. The molecule has 0 aromatic carbocycles. The number of esters is 1. The zero-order chi connectivity index (χ0) is 24.0. The number of carbonyl (C=O) groups excluding carboxylic acids is 1. The summed E-state index contributed by atoms with van der Waals surface area (Å²) in [6, 6.07) is 3.55. The van der Waals surface area contributed by atoms with Gasteiger partial charge in [-0.1, -0.05) is 40.5 Å². The van der Waals surface area contributed by atoms with Gasteiger partial charge in [0.25, 0.3) is 0 Å². The Morgan fingerprint density at radius 3 is 2.39 bits per heavy atom. The largest absolute Gasteiger partial charge is 0.462 e. The van der Waals surface area contributed by atoms with Gasteiger partial charge in [0.1, 0.15) is 6.10 Å². The summed E-state index contributed by atoms with van der Waals surface area (Å²) in [5.74, 6) is 9.05. The van der Waals surface area contributed by atoms with E-state index in [-0.39, 0.29) is 22.3 Å². The summed E-state index contributed by atoms with van der Waals surface area (Å²) in [5, 5.41) is 0. The van der Waals surface area contributed by atoms with Crippen LogP contribution < -0.4 is 0 Å². The second-order valence-electron chi connectivity index (χ2n) is 9.69. The van der Waals surface area contributed by atoms with Crippen LogP contribution in [0.25, 0.3) is 0 Å². The quantitative estimate of drug-likeness (QED) is 0.135. The molecule has 3 nitrogen and oxygen atoms in total. The molecule has 1 fully saturated rings. The molecule has 2 aliphatic rings. The molecule has 1 saturated heterocycles. The number of hydrogen-bond acceptors (Lipinski definition) is 5. The summed E-state index contributed by atoms with van der Waals surface area (Å²) in [4.78, 5) is 12.5. The molecule has 2 heterocycles. The maximum absolute atomic E-state index is 12.5. The summed E-state index contributed by atoms with van der Waals surface area (Å²) >= 11 is 4.31. The summed E-state index contributed by atoms with van der Waals surface area (Å²) in [7, 11) is -1.67. The minimum atomic E-state index is -1.67. The van der Waals surface area contributed by atoms with Crippen LogP contribution in [0, 0.1) is 11.8 Å². The van der Waals surface area contributed by atoms with Gasteiger partial charge in [-0.05, 0) is 74.6 Å². The van der Waals surface area contributed by atoms with Gasteiger partial charge >= 0.3 is 5.97 Å². The third-order valence-electron chi connectivity index (χ3n) is 7.40. The number of carbonyl (C=O) groups is 1. The first kappa shape index (κ1) is 29.1. The lowest BCUT2D eigenvalue weighted by atomic mass is 10.0. The van der Waals surface area contributed by atoms with E-state index < -0.39 is 8.32 Å². The van der Waals surface area contributed by atoms with Gasteiger partial charge in [0.2, 0.25) is 0 Å². The molecule has 0 radical (unpaired) electrons. The Labute approximate surface area is 213 Å². The fraction of sp³-hybridized carbons (Fsp3) is 0.889. The third kappa shape index (κ3) is 10.2. The molecule has 0 saturated carbocycles. The van der Waals surface area contributed by atoms with E-state index >= 15 is 0 Å². The van der Waals surface area contributed by atoms with E-state index in [1.54, 1.807) is 0 Å². The fourth-order valence-electron chi connectivity index (χ4n) is 4.92. The van der Waals surface area contributed by atoms with E-state index in [1.807, 2.05) is 0 Å². The average Bonchev–Trinajstić information content (AvgIpc) is 2.84. The smallest absolute Gasteiger partial charge is 0.307 e. The molecule has 33 heavy (non-hydrogen) atoms. The van der Waals surface area contributed by atoms with Crippen LogP contribution in [0.3, 0.4) is 0 Å². The van der Waals surface area contributed by atoms with Crippen molar-refractivity contribution in [3.05, 3.63) is 0 Å². The molecule has 2 unspecified atom stereocenters. The zero-order valence-corrected chi connectivity index (χ0v) is 24.3. The first-order valence-corrected chi connectivity index (χ1v) is 18.1. The number of cyclic esters (lactones) is 1. The number of hydrogen-bond donors (Lipinski definition) is 0. The lowest BCUT2D eigenvalue weighted by Crippen LogP contribution is -2.40. The van der Waals surface area contributed by atoms with Crippen molar-refractivity contribution in [3.8, 4) is 11.8 Å². The Hall–Kier alpha value is -0.0931. The second-order valence-corrected chi connectivity index (χ2v) is 17.6. The van der Waals surface area contributed by atoms with Crippen molar-refractivity contribution in [2.45, 2.75) is 139 Å². The van der Waals surface area contributed by atoms with Crippen LogP contribution in [0.5, 0.6) is 0 Å². The van der Waals surface area contributed by atoms with Gasteiger partial charge in [0.15, 0.2) is 8.32 Å². The lowest BCUT2D eigenvalue weighted by Gasteiger charge is -2.39. The number of unbranched alkanes of at least 4 members (excludes halogenated alkanes) is 2. The van der Waals surface area contributed by atoms with Crippen LogP contribution in [-0.4, -0.2) is 42.1 Å². The molecule has 2 atom stereocenters. The highest BCUT2D eigenvalue weighted by Crippen LogP contribution is 2.49. The Bertz CT molecular complexity index is 612. The molecular weight excluding hydrogens is 465 g/mol. The minimum absolute atomic E-state index is 0.0623. The Kier molecular flexibility index (Phi) is 14.0. The molecule has 2 aliphatic heterocycles. The maximum Gasteiger partial charge on any atom is 0.307 e. The number of rotatable bonds is 9. The van der Waals surface area contributed by atoms with Crippen LogP contribution >= 0.6 is 23.5 Å². The first-order chi connectivity index (χ1) is 16.0. The van der Waals surface area contributed by atoms with Crippen molar-refractivity contribution in [1.82, 2.24) is 0 Å². The predicted molar refractivity (Wildman–Crippen MR) is 148 cm³/mol. The summed E-state index contributed by atoms with van der Waals surface area (Å²) in [6.07, 6.45) is 12.4. The van der Waals surface area contributed by atoms with E-state index in [2.05, 4.69) is 63.1 Å². The van der Waals surface area contributed by atoms with Crippen molar-refractivity contribution in [2.24, 2.45) is 0 Å². The van der Waals surface area contributed by atoms with Gasteiger partial charge in [-0.25, -0.2) is 0 Å². The van der Waals surface area contributed by atoms with Crippen molar-refractivity contribution in [3.63, 3.8) is 0 Å². The third-order valence-corrected chi connectivity index (χ3v) is 15.7. The Morgan fingerprint density at radius 1 is 1.03 bits per heavy atom. The summed E-state index contributed by atoms with van der Waals surface area (Å²) in [5.41, 5.74) is 0. The molecule has 0 N–H and O–H groups in total. The highest BCUT2D eigenvalue weighted by atomic mass is 32.2. The predicted octanol–water partition coefficient (Wildman–Crippen LogP) is 8.18. The topological polar surface area (TPSA) is 35.5 Å². The van der Waals surface area contributed by atoms with Crippen molar-refractivity contribution >= 4 is 37.8 Å². The van der Waals surface area contributed by atoms with Gasteiger partial charge < -0.3 is 9.16 Å². The normalized spacial score (nSPS) is 25.0. The molecular formula is C27H48O3S2Si. The summed E-state index contributed by atoms with van der Waals surface area (Å²) < 4.78 is 13.2. The van der Waals surface area contributed by atoms with Gasteiger partial charge in [-0.2, -0.15) is 0 Å². The summed E-state index contributed by atoms with van der Waals surface area (Å²) in [6.45, 7) is 9.17.